The second-order valence-electron chi connectivity index (χ2n) is 14.0. The van der Waals surface area contributed by atoms with Gasteiger partial charge in [0.05, 0.1) is 11.8 Å². The molecule has 0 heterocycles. The van der Waals surface area contributed by atoms with E-state index in [9.17, 15) is 4.79 Å². The average molecular weight is 510 g/mol. The first-order valence-corrected chi connectivity index (χ1v) is 15.0. The van der Waals surface area contributed by atoms with Crippen molar-refractivity contribution in [1.29, 1.82) is 0 Å². The summed E-state index contributed by atoms with van der Waals surface area (Å²) in [7, 11) is 3.76. The van der Waals surface area contributed by atoms with Crippen LogP contribution in [0.5, 0.6) is 5.75 Å². The van der Waals surface area contributed by atoms with Gasteiger partial charge in [-0.2, -0.15) is 0 Å². The standard InChI is InChI=1S/C32H51N3O2/c1-20(6-13-30(36)35(4)5)25-10-11-26-24-9-7-21-18-23(37-29-12-8-22(33)19-28(29)34)14-16-31(21,2)27(24)15-17-32(25,26)3/h8,12,19-21,23-27H,6-7,9-11,13-18,33-34H2,1-5H3/t20-,21?,23?,24+,25-,26+,27+,31+,32-/m1/s1. The van der Waals surface area contributed by atoms with Gasteiger partial charge in [-0.05, 0) is 129 Å². The van der Waals surface area contributed by atoms with Gasteiger partial charge in [-0.25, -0.2) is 0 Å². The summed E-state index contributed by atoms with van der Waals surface area (Å²) in [6.45, 7) is 7.69. The quantitative estimate of drug-likeness (QED) is 0.415. The molecule has 5 heteroatoms. The van der Waals surface area contributed by atoms with Gasteiger partial charge in [-0.15, -0.1) is 0 Å². The molecular formula is C32H51N3O2. The number of nitrogen functional groups attached to an aromatic ring is 2. The lowest BCUT2D eigenvalue weighted by atomic mass is 9.44. The zero-order chi connectivity index (χ0) is 26.5. The topological polar surface area (TPSA) is 81.6 Å². The zero-order valence-electron chi connectivity index (χ0n) is 24.0. The Bertz CT molecular complexity index is 994. The summed E-state index contributed by atoms with van der Waals surface area (Å²) >= 11 is 0. The molecule has 206 valence electrons. The van der Waals surface area contributed by atoms with Crippen molar-refractivity contribution in [3.05, 3.63) is 18.2 Å². The van der Waals surface area contributed by atoms with E-state index in [1.54, 1.807) is 4.90 Å². The SMILES string of the molecule is C[C@H](CCC(=O)N(C)C)[C@H]1CC[C@H]2[C@@H]3CCC4CC(Oc5ccc(N)cc5N)CC[C@]4(C)[C@H]3CC[C@]12C. The van der Waals surface area contributed by atoms with E-state index < -0.39 is 0 Å². The van der Waals surface area contributed by atoms with E-state index in [1.807, 2.05) is 32.3 Å². The van der Waals surface area contributed by atoms with E-state index in [2.05, 4.69) is 20.8 Å². The van der Waals surface area contributed by atoms with Crippen molar-refractivity contribution < 1.29 is 9.53 Å². The largest absolute Gasteiger partial charge is 0.488 e. The molecule has 37 heavy (non-hydrogen) atoms. The highest BCUT2D eigenvalue weighted by Crippen LogP contribution is 2.68. The van der Waals surface area contributed by atoms with Gasteiger partial charge in [-0.3, -0.25) is 4.79 Å². The number of ether oxygens (including phenoxy) is 1. The Labute approximate surface area is 225 Å². The predicted molar refractivity (Wildman–Crippen MR) is 152 cm³/mol. The molecule has 0 spiro atoms. The second kappa shape index (κ2) is 10.0. The third-order valence-corrected chi connectivity index (χ3v) is 12.0. The fraction of sp³-hybridized carbons (Fsp3) is 0.781. The lowest BCUT2D eigenvalue weighted by molar-refractivity contribution is -0.130. The number of rotatable bonds is 6. The van der Waals surface area contributed by atoms with Crippen molar-refractivity contribution in [3.63, 3.8) is 0 Å². The van der Waals surface area contributed by atoms with Gasteiger partial charge >= 0.3 is 0 Å². The summed E-state index contributed by atoms with van der Waals surface area (Å²) < 4.78 is 6.44. The Morgan fingerprint density at radius 1 is 1.03 bits per heavy atom. The molecular weight excluding hydrogens is 458 g/mol. The minimum Gasteiger partial charge on any atom is -0.488 e. The number of amides is 1. The van der Waals surface area contributed by atoms with Gasteiger partial charge in [-0.1, -0.05) is 20.8 Å². The van der Waals surface area contributed by atoms with Crippen molar-refractivity contribution in [3.8, 4) is 5.75 Å². The first kappa shape index (κ1) is 26.7. The highest BCUT2D eigenvalue weighted by molar-refractivity contribution is 5.75. The first-order chi connectivity index (χ1) is 17.5. The van der Waals surface area contributed by atoms with Crippen molar-refractivity contribution in [2.75, 3.05) is 25.6 Å². The van der Waals surface area contributed by atoms with Crippen LogP contribution in [0.2, 0.25) is 0 Å². The monoisotopic (exact) mass is 509 g/mol. The Hall–Kier alpha value is -1.91. The number of carbonyl (C=O) groups excluding carboxylic acids is 1. The summed E-state index contributed by atoms with van der Waals surface area (Å²) in [5.41, 5.74) is 14.3. The van der Waals surface area contributed by atoms with E-state index in [1.165, 1.54) is 44.9 Å². The Morgan fingerprint density at radius 2 is 1.76 bits per heavy atom. The van der Waals surface area contributed by atoms with Crippen LogP contribution >= 0.6 is 0 Å². The van der Waals surface area contributed by atoms with E-state index in [0.717, 1.165) is 54.6 Å². The predicted octanol–water partition coefficient (Wildman–Crippen LogP) is 6.76. The Kier molecular flexibility index (Phi) is 7.21. The normalized spacial score (nSPS) is 39.7. The number of nitrogens with two attached hydrogens (primary N) is 2. The molecule has 4 aliphatic rings. The molecule has 4 fully saturated rings. The van der Waals surface area contributed by atoms with Crippen molar-refractivity contribution in [2.45, 2.75) is 97.5 Å². The number of hydrogen-bond acceptors (Lipinski definition) is 4. The maximum absolute atomic E-state index is 12.2. The highest BCUT2D eigenvalue weighted by atomic mass is 16.5. The van der Waals surface area contributed by atoms with Crippen molar-refractivity contribution in [1.82, 2.24) is 4.90 Å². The first-order valence-electron chi connectivity index (χ1n) is 15.0. The van der Waals surface area contributed by atoms with Crippen LogP contribution in [0.25, 0.3) is 0 Å². The van der Waals surface area contributed by atoms with Gasteiger partial charge in [0.2, 0.25) is 5.91 Å². The molecule has 1 aromatic rings. The van der Waals surface area contributed by atoms with Crippen molar-refractivity contribution in [2.24, 2.45) is 46.3 Å². The third-order valence-electron chi connectivity index (χ3n) is 12.0. The molecule has 1 amide bonds. The van der Waals surface area contributed by atoms with E-state index in [-0.39, 0.29) is 12.0 Å². The van der Waals surface area contributed by atoms with Gasteiger partial charge in [0.1, 0.15) is 5.75 Å². The minimum absolute atomic E-state index is 0.260. The van der Waals surface area contributed by atoms with Gasteiger partial charge < -0.3 is 21.1 Å². The van der Waals surface area contributed by atoms with Crippen LogP contribution in [0.15, 0.2) is 18.2 Å². The molecule has 4 N–H and O–H groups in total. The Morgan fingerprint density at radius 3 is 2.49 bits per heavy atom. The molecule has 0 saturated heterocycles. The third kappa shape index (κ3) is 4.74. The van der Waals surface area contributed by atoms with Crippen LogP contribution < -0.4 is 16.2 Å². The van der Waals surface area contributed by atoms with Gasteiger partial charge in [0, 0.05) is 26.2 Å². The van der Waals surface area contributed by atoms with Crippen LogP contribution in [0.4, 0.5) is 11.4 Å². The van der Waals surface area contributed by atoms with E-state index in [0.29, 0.717) is 34.5 Å². The summed E-state index contributed by atoms with van der Waals surface area (Å²) in [5, 5.41) is 0. The van der Waals surface area contributed by atoms with Gasteiger partial charge in [0.25, 0.3) is 0 Å². The lowest BCUT2D eigenvalue weighted by Gasteiger charge is -2.61. The van der Waals surface area contributed by atoms with Crippen LogP contribution in [0, 0.1) is 46.3 Å². The van der Waals surface area contributed by atoms with Crippen LogP contribution in [-0.2, 0) is 4.79 Å². The molecule has 5 rings (SSSR count). The fourth-order valence-corrected chi connectivity index (χ4v) is 9.93. The molecule has 4 aliphatic carbocycles. The zero-order valence-corrected chi connectivity index (χ0v) is 24.0. The van der Waals surface area contributed by atoms with E-state index in [4.69, 9.17) is 16.2 Å². The molecule has 9 atom stereocenters. The summed E-state index contributed by atoms with van der Waals surface area (Å²) in [6.07, 6.45) is 13.8. The van der Waals surface area contributed by atoms with Crippen LogP contribution in [-0.4, -0.2) is 31.0 Å². The van der Waals surface area contributed by atoms with Crippen LogP contribution in [0.3, 0.4) is 0 Å². The van der Waals surface area contributed by atoms with Crippen molar-refractivity contribution >= 4 is 17.3 Å². The van der Waals surface area contributed by atoms with Crippen LogP contribution in [0.1, 0.15) is 91.4 Å². The lowest BCUT2D eigenvalue weighted by Crippen LogP contribution is -2.54. The molecule has 1 aromatic carbocycles. The summed E-state index contributed by atoms with van der Waals surface area (Å²) in [4.78, 5) is 14.0. The molecule has 0 aromatic heterocycles. The number of nitrogens with zero attached hydrogens (tertiary/aromatic N) is 1. The smallest absolute Gasteiger partial charge is 0.222 e. The molecule has 0 bridgehead atoms. The minimum atomic E-state index is 0.260. The molecule has 5 nitrogen and oxygen atoms in total. The Balaban J connectivity index is 1.24. The number of hydrogen-bond donors (Lipinski definition) is 2. The number of carbonyl (C=O) groups is 1. The second-order valence-corrected chi connectivity index (χ2v) is 14.0. The number of fused-ring (bicyclic) bond motifs is 5. The fourth-order valence-electron chi connectivity index (χ4n) is 9.93. The average Bonchev–Trinajstić information content (AvgIpc) is 3.21. The molecule has 0 aliphatic heterocycles. The molecule has 0 radical (unpaired) electrons. The maximum Gasteiger partial charge on any atom is 0.222 e. The maximum atomic E-state index is 12.2. The molecule has 2 unspecified atom stereocenters. The number of anilines is 2. The molecule has 4 saturated carbocycles. The summed E-state index contributed by atoms with van der Waals surface area (Å²) in [5.74, 6) is 5.83. The van der Waals surface area contributed by atoms with E-state index >= 15 is 0 Å². The number of benzene rings is 1. The highest BCUT2D eigenvalue weighted by Gasteiger charge is 2.60. The van der Waals surface area contributed by atoms with Gasteiger partial charge in [0.15, 0.2) is 0 Å². The summed E-state index contributed by atoms with van der Waals surface area (Å²) in [6, 6.07) is 5.63.